The van der Waals surface area contributed by atoms with Crippen LogP contribution in [0.25, 0.3) is 17.0 Å². The number of ether oxygens (including phenoxy) is 1. The SMILES string of the molecule is COc1cccc(Cc2nc3cccnc3n2-c2ccc(C)o2)c1. The number of rotatable bonds is 4. The molecule has 1 aromatic carbocycles. The number of hydrogen-bond acceptors (Lipinski definition) is 4. The van der Waals surface area contributed by atoms with Crippen molar-refractivity contribution in [3.8, 4) is 11.6 Å². The van der Waals surface area contributed by atoms with Crippen molar-refractivity contribution < 1.29 is 9.15 Å². The molecule has 3 heterocycles. The first kappa shape index (κ1) is 14.5. The van der Waals surface area contributed by atoms with Gasteiger partial charge in [0.25, 0.3) is 0 Å². The fourth-order valence-electron chi connectivity index (χ4n) is 2.82. The Morgan fingerprint density at radius 2 is 2.04 bits per heavy atom. The average Bonchev–Trinajstić information content (AvgIpc) is 3.17. The molecule has 0 spiro atoms. The highest BCUT2D eigenvalue weighted by atomic mass is 16.5. The van der Waals surface area contributed by atoms with Gasteiger partial charge in [-0.3, -0.25) is 0 Å². The van der Waals surface area contributed by atoms with Gasteiger partial charge in [0, 0.05) is 18.7 Å². The van der Waals surface area contributed by atoms with Crippen LogP contribution in [0.15, 0.2) is 59.1 Å². The molecule has 24 heavy (non-hydrogen) atoms. The van der Waals surface area contributed by atoms with E-state index in [1.165, 1.54) is 0 Å². The first-order valence-electron chi connectivity index (χ1n) is 7.76. The van der Waals surface area contributed by atoms with Crippen molar-refractivity contribution >= 4 is 11.2 Å². The van der Waals surface area contributed by atoms with Crippen molar-refractivity contribution in [2.75, 3.05) is 7.11 Å². The monoisotopic (exact) mass is 319 g/mol. The van der Waals surface area contributed by atoms with Gasteiger partial charge in [-0.1, -0.05) is 12.1 Å². The molecular formula is C19H17N3O2. The van der Waals surface area contributed by atoms with Crippen molar-refractivity contribution in [2.24, 2.45) is 0 Å². The minimum absolute atomic E-state index is 0.660. The molecule has 0 bridgehead atoms. The predicted molar refractivity (Wildman–Crippen MR) is 91.7 cm³/mol. The van der Waals surface area contributed by atoms with Gasteiger partial charge in [0.2, 0.25) is 5.88 Å². The summed E-state index contributed by atoms with van der Waals surface area (Å²) in [6.07, 6.45) is 2.43. The van der Waals surface area contributed by atoms with Crippen molar-refractivity contribution in [3.63, 3.8) is 0 Å². The topological polar surface area (TPSA) is 53.1 Å². The van der Waals surface area contributed by atoms with Crippen molar-refractivity contribution in [2.45, 2.75) is 13.3 Å². The second-order valence-electron chi connectivity index (χ2n) is 5.62. The van der Waals surface area contributed by atoms with E-state index < -0.39 is 0 Å². The minimum atomic E-state index is 0.660. The van der Waals surface area contributed by atoms with E-state index in [1.807, 2.05) is 54.0 Å². The molecule has 5 heteroatoms. The maximum atomic E-state index is 5.82. The number of fused-ring (bicyclic) bond motifs is 1. The quantitative estimate of drug-likeness (QED) is 0.572. The maximum absolute atomic E-state index is 5.82. The summed E-state index contributed by atoms with van der Waals surface area (Å²) in [4.78, 5) is 9.23. The average molecular weight is 319 g/mol. The van der Waals surface area contributed by atoms with Gasteiger partial charge in [-0.25, -0.2) is 14.5 Å². The van der Waals surface area contributed by atoms with Crippen LogP contribution in [0, 0.1) is 6.92 Å². The lowest BCUT2D eigenvalue weighted by Crippen LogP contribution is -2.02. The van der Waals surface area contributed by atoms with Gasteiger partial charge in [-0.2, -0.15) is 0 Å². The molecule has 0 atom stereocenters. The molecule has 0 amide bonds. The van der Waals surface area contributed by atoms with Crippen LogP contribution in [0.2, 0.25) is 0 Å². The van der Waals surface area contributed by atoms with Gasteiger partial charge in [-0.05, 0) is 42.8 Å². The Labute approximate surface area is 139 Å². The molecule has 0 aliphatic heterocycles. The van der Waals surface area contributed by atoms with Crippen LogP contribution in [0.4, 0.5) is 0 Å². The van der Waals surface area contributed by atoms with E-state index in [2.05, 4.69) is 11.1 Å². The lowest BCUT2D eigenvalue weighted by atomic mass is 10.1. The lowest BCUT2D eigenvalue weighted by Gasteiger charge is -2.07. The molecule has 0 saturated heterocycles. The smallest absolute Gasteiger partial charge is 0.206 e. The highest BCUT2D eigenvalue weighted by Gasteiger charge is 2.16. The Morgan fingerprint density at radius 3 is 2.83 bits per heavy atom. The zero-order valence-corrected chi connectivity index (χ0v) is 13.6. The first-order chi connectivity index (χ1) is 11.7. The number of furan rings is 1. The molecule has 4 rings (SSSR count). The maximum Gasteiger partial charge on any atom is 0.206 e. The number of nitrogens with zero attached hydrogens (tertiary/aromatic N) is 3. The molecule has 4 aromatic rings. The van der Waals surface area contributed by atoms with E-state index in [1.54, 1.807) is 13.3 Å². The third-order valence-corrected chi connectivity index (χ3v) is 3.93. The third-order valence-electron chi connectivity index (χ3n) is 3.93. The number of benzene rings is 1. The summed E-state index contributed by atoms with van der Waals surface area (Å²) in [7, 11) is 1.67. The van der Waals surface area contributed by atoms with Crippen molar-refractivity contribution in [1.82, 2.24) is 14.5 Å². The standard InChI is InChI=1S/C19H17N3O2/c1-13-8-9-18(24-13)22-17(21-16-7-4-10-20-19(16)22)12-14-5-3-6-15(11-14)23-2/h3-11H,12H2,1-2H3. The fourth-order valence-corrected chi connectivity index (χ4v) is 2.82. The van der Waals surface area contributed by atoms with Crippen LogP contribution in [-0.2, 0) is 6.42 Å². The Balaban J connectivity index is 1.85. The number of hydrogen-bond donors (Lipinski definition) is 0. The van der Waals surface area contributed by atoms with E-state index in [-0.39, 0.29) is 0 Å². The molecule has 0 radical (unpaired) electrons. The van der Waals surface area contributed by atoms with Crippen LogP contribution in [0.3, 0.4) is 0 Å². The Kier molecular flexibility index (Phi) is 3.54. The number of aromatic nitrogens is 3. The zero-order valence-electron chi connectivity index (χ0n) is 13.6. The van der Waals surface area contributed by atoms with Gasteiger partial charge < -0.3 is 9.15 Å². The minimum Gasteiger partial charge on any atom is -0.497 e. The molecular weight excluding hydrogens is 302 g/mol. The summed E-state index contributed by atoms with van der Waals surface area (Å²) in [5, 5.41) is 0. The molecule has 0 N–H and O–H groups in total. The van der Waals surface area contributed by atoms with E-state index >= 15 is 0 Å². The van der Waals surface area contributed by atoms with Gasteiger partial charge >= 0.3 is 0 Å². The molecule has 0 aliphatic rings. The molecule has 0 aliphatic carbocycles. The van der Waals surface area contributed by atoms with Crippen LogP contribution >= 0.6 is 0 Å². The molecule has 3 aromatic heterocycles. The van der Waals surface area contributed by atoms with E-state index in [4.69, 9.17) is 14.1 Å². The van der Waals surface area contributed by atoms with E-state index in [9.17, 15) is 0 Å². The summed E-state index contributed by atoms with van der Waals surface area (Å²) in [5.41, 5.74) is 2.77. The summed E-state index contributed by atoms with van der Waals surface area (Å²) >= 11 is 0. The number of methoxy groups -OCH3 is 1. The summed E-state index contributed by atoms with van der Waals surface area (Å²) < 4.78 is 13.1. The molecule has 0 saturated carbocycles. The number of aryl methyl sites for hydroxylation is 1. The summed E-state index contributed by atoms with van der Waals surface area (Å²) in [6, 6.07) is 15.7. The lowest BCUT2D eigenvalue weighted by molar-refractivity contribution is 0.414. The van der Waals surface area contributed by atoms with Crippen LogP contribution in [0.5, 0.6) is 5.75 Å². The predicted octanol–water partition coefficient (Wildman–Crippen LogP) is 3.92. The second-order valence-corrected chi connectivity index (χ2v) is 5.62. The fraction of sp³-hybridized carbons (Fsp3) is 0.158. The Morgan fingerprint density at radius 1 is 1.12 bits per heavy atom. The highest BCUT2D eigenvalue weighted by molar-refractivity contribution is 5.73. The van der Waals surface area contributed by atoms with Gasteiger partial charge in [-0.15, -0.1) is 0 Å². The summed E-state index contributed by atoms with van der Waals surface area (Å²) in [5.74, 6) is 3.30. The highest BCUT2D eigenvalue weighted by Crippen LogP contribution is 2.24. The normalized spacial score (nSPS) is 11.1. The summed E-state index contributed by atoms with van der Waals surface area (Å²) in [6.45, 7) is 1.93. The Hall–Kier alpha value is -3.08. The van der Waals surface area contributed by atoms with Crippen LogP contribution in [-0.4, -0.2) is 21.6 Å². The number of pyridine rings is 1. The molecule has 5 nitrogen and oxygen atoms in total. The zero-order chi connectivity index (χ0) is 16.5. The van der Waals surface area contributed by atoms with Crippen LogP contribution < -0.4 is 4.74 Å². The van der Waals surface area contributed by atoms with Gasteiger partial charge in [0.05, 0.1) is 7.11 Å². The van der Waals surface area contributed by atoms with Gasteiger partial charge in [0.15, 0.2) is 5.65 Å². The Bertz CT molecular complexity index is 1000. The van der Waals surface area contributed by atoms with E-state index in [0.717, 1.165) is 39.9 Å². The molecule has 120 valence electrons. The molecule has 0 unspecified atom stereocenters. The van der Waals surface area contributed by atoms with Crippen LogP contribution in [0.1, 0.15) is 17.1 Å². The third kappa shape index (κ3) is 2.54. The molecule has 0 fully saturated rings. The van der Waals surface area contributed by atoms with Crippen molar-refractivity contribution in [1.29, 1.82) is 0 Å². The number of imidazole rings is 1. The second kappa shape index (κ2) is 5.85. The first-order valence-corrected chi connectivity index (χ1v) is 7.76. The largest absolute Gasteiger partial charge is 0.497 e. The van der Waals surface area contributed by atoms with Crippen molar-refractivity contribution in [3.05, 3.63) is 71.9 Å². The van der Waals surface area contributed by atoms with Gasteiger partial charge in [0.1, 0.15) is 22.9 Å². The van der Waals surface area contributed by atoms with E-state index in [0.29, 0.717) is 6.42 Å².